The summed E-state index contributed by atoms with van der Waals surface area (Å²) in [6, 6.07) is 7.58. The second kappa shape index (κ2) is 5.45. The molecular formula is C15H18N4O. The number of rotatable bonds is 5. The SMILES string of the molecule is CCCCCCn1c(=O)c2ccccc2c2nncn21. The molecule has 0 saturated heterocycles. The van der Waals surface area contributed by atoms with Crippen molar-refractivity contribution >= 4 is 16.4 Å². The first kappa shape index (κ1) is 12.8. The van der Waals surface area contributed by atoms with Gasteiger partial charge in [0.05, 0.1) is 5.39 Å². The zero-order valence-electron chi connectivity index (χ0n) is 11.6. The summed E-state index contributed by atoms with van der Waals surface area (Å²) in [5, 5.41) is 9.67. The molecule has 0 radical (unpaired) electrons. The average Bonchev–Trinajstić information content (AvgIpc) is 2.96. The van der Waals surface area contributed by atoms with Crippen LogP contribution in [0, 0.1) is 0 Å². The van der Waals surface area contributed by atoms with Crippen LogP contribution < -0.4 is 5.56 Å². The molecule has 0 atom stereocenters. The highest BCUT2D eigenvalue weighted by Crippen LogP contribution is 2.14. The Hall–Kier alpha value is -2.17. The third-order valence-electron chi connectivity index (χ3n) is 3.65. The zero-order valence-corrected chi connectivity index (χ0v) is 11.6. The van der Waals surface area contributed by atoms with E-state index in [1.807, 2.05) is 24.3 Å². The normalized spacial score (nSPS) is 11.4. The summed E-state index contributed by atoms with van der Waals surface area (Å²) in [6.07, 6.45) is 6.14. The van der Waals surface area contributed by atoms with Gasteiger partial charge in [-0.2, -0.15) is 0 Å². The van der Waals surface area contributed by atoms with Crippen LogP contribution in [0.2, 0.25) is 0 Å². The molecule has 0 aliphatic rings. The lowest BCUT2D eigenvalue weighted by molar-refractivity contribution is 0.502. The molecule has 2 aromatic heterocycles. The molecule has 0 saturated carbocycles. The van der Waals surface area contributed by atoms with Crippen molar-refractivity contribution in [1.29, 1.82) is 0 Å². The summed E-state index contributed by atoms with van der Waals surface area (Å²) in [7, 11) is 0. The maximum Gasteiger partial charge on any atom is 0.273 e. The topological polar surface area (TPSA) is 52.2 Å². The molecule has 0 aliphatic carbocycles. The molecule has 0 aliphatic heterocycles. The molecule has 0 fully saturated rings. The molecule has 1 aromatic carbocycles. The van der Waals surface area contributed by atoms with Gasteiger partial charge < -0.3 is 0 Å². The third kappa shape index (κ3) is 2.09. The summed E-state index contributed by atoms with van der Waals surface area (Å²) in [5.41, 5.74) is 0.778. The fourth-order valence-electron chi connectivity index (χ4n) is 2.58. The molecule has 0 N–H and O–H groups in total. The van der Waals surface area contributed by atoms with E-state index >= 15 is 0 Å². The summed E-state index contributed by atoms with van der Waals surface area (Å²) in [5.74, 6) is 0. The Balaban J connectivity index is 2.11. The lowest BCUT2D eigenvalue weighted by Crippen LogP contribution is -2.26. The molecule has 104 valence electrons. The highest BCUT2D eigenvalue weighted by molar-refractivity contribution is 5.92. The van der Waals surface area contributed by atoms with Gasteiger partial charge in [0.1, 0.15) is 6.33 Å². The van der Waals surface area contributed by atoms with Gasteiger partial charge in [0.25, 0.3) is 5.56 Å². The van der Waals surface area contributed by atoms with Crippen molar-refractivity contribution in [1.82, 2.24) is 19.4 Å². The van der Waals surface area contributed by atoms with Gasteiger partial charge >= 0.3 is 0 Å². The van der Waals surface area contributed by atoms with Crippen molar-refractivity contribution < 1.29 is 0 Å². The minimum Gasteiger partial charge on any atom is -0.267 e. The lowest BCUT2D eigenvalue weighted by Gasteiger charge is -2.10. The van der Waals surface area contributed by atoms with E-state index in [-0.39, 0.29) is 5.56 Å². The average molecular weight is 270 g/mol. The molecule has 3 aromatic rings. The Morgan fingerprint density at radius 1 is 1.10 bits per heavy atom. The molecule has 0 bridgehead atoms. The number of benzene rings is 1. The van der Waals surface area contributed by atoms with Crippen molar-refractivity contribution in [2.45, 2.75) is 39.2 Å². The van der Waals surface area contributed by atoms with Gasteiger partial charge in [-0.1, -0.05) is 44.4 Å². The maximum atomic E-state index is 12.6. The van der Waals surface area contributed by atoms with Crippen LogP contribution in [0.5, 0.6) is 0 Å². The number of aryl methyl sites for hydroxylation is 1. The Morgan fingerprint density at radius 2 is 1.90 bits per heavy atom. The molecule has 5 heteroatoms. The van der Waals surface area contributed by atoms with E-state index in [0.29, 0.717) is 11.9 Å². The molecule has 2 heterocycles. The van der Waals surface area contributed by atoms with Gasteiger partial charge in [0, 0.05) is 11.9 Å². The maximum absolute atomic E-state index is 12.6. The summed E-state index contributed by atoms with van der Waals surface area (Å²) < 4.78 is 3.52. The van der Waals surface area contributed by atoms with Gasteiger partial charge in [-0.25, -0.2) is 9.20 Å². The van der Waals surface area contributed by atoms with Crippen molar-refractivity contribution in [3.05, 3.63) is 40.9 Å². The molecule has 3 rings (SSSR count). The zero-order chi connectivity index (χ0) is 13.9. The van der Waals surface area contributed by atoms with E-state index in [1.165, 1.54) is 12.8 Å². The van der Waals surface area contributed by atoms with E-state index in [9.17, 15) is 4.79 Å². The first-order chi connectivity index (χ1) is 9.83. The van der Waals surface area contributed by atoms with Crippen molar-refractivity contribution in [3.8, 4) is 0 Å². The lowest BCUT2D eigenvalue weighted by atomic mass is 10.2. The number of unbranched alkanes of at least 4 members (excludes halogenated alkanes) is 3. The van der Waals surface area contributed by atoms with Crippen LogP contribution in [-0.2, 0) is 6.54 Å². The summed E-state index contributed by atoms with van der Waals surface area (Å²) in [4.78, 5) is 12.6. The number of hydrogen-bond donors (Lipinski definition) is 0. The third-order valence-corrected chi connectivity index (χ3v) is 3.65. The molecule has 0 amide bonds. The number of aromatic nitrogens is 4. The first-order valence-electron chi connectivity index (χ1n) is 7.14. The smallest absolute Gasteiger partial charge is 0.267 e. The van der Waals surface area contributed by atoms with Crippen molar-refractivity contribution in [2.24, 2.45) is 0 Å². The van der Waals surface area contributed by atoms with Crippen LogP contribution in [-0.4, -0.2) is 19.4 Å². The Morgan fingerprint density at radius 3 is 2.70 bits per heavy atom. The highest BCUT2D eigenvalue weighted by atomic mass is 16.1. The standard InChI is InChI=1S/C15H18N4O/c1-2-3-4-7-10-18-15(20)13-9-6-5-8-12(13)14-17-16-11-19(14)18/h5-6,8-9,11H,2-4,7,10H2,1H3. The predicted octanol–water partition coefficient (Wildman–Crippen LogP) is 2.62. The van der Waals surface area contributed by atoms with Gasteiger partial charge in [0.15, 0.2) is 5.65 Å². The summed E-state index contributed by atoms with van der Waals surface area (Å²) >= 11 is 0. The number of nitrogens with zero attached hydrogens (tertiary/aromatic N) is 4. The van der Waals surface area contributed by atoms with E-state index in [1.54, 1.807) is 15.5 Å². The van der Waals surface area contributed by atoms with Gasteiger partial charge in [-0.05, 0) is 12.5 Å². The monoisotopic (exact) mass is 270 g/mol. The Labute approximate surface area is 116 Å². The van der Waals surface area contributed by atoms with Crippen LogP contribution in [0.1, 0.15) is 32.6 Å². The Bertz CT molecular complexity index is 787. The summed E-state index contributed by atoms with van der Waals surface area (Å²) in [6.45, 7) is 2.89. The molecule has 0 unspecified atom stereocenters. The van der Waals surface area contributed by atoms with Gasteiger partial charge in [0.2, 0.25) is 0 Å². The largest absolute Gasteiger partial charge is 0.273 e. The van der Waals surface area contributed by atoms with Crippen LogP contribution in [0.4, 0.5) is 0 Å². The highest BCUT2D eigenvalue weighted by Gasteiger charge is 2.11. The second-order valence-electron chi connectivity index (χ2n) is 5.03. The number of fused-ring (bicyclic) bond motifs is 3. The van der Waals surface area contributed by atoms with E-state index in [2.05, 4.69) is 17.1 Å². The second-order valence-corrected chi connectivity index (χ2v) is 5.03. The minimum atomic E-state index is 0.0319. The van der Waals surface area contributed by atoms with E-state index in [4.69, 9.17) is 0 Å². The molecule has 0 spiro atoms. The van der Waals surface area contributed by atoms with Crippen LogP contribution in [0.3, 0.4) is 0 Å². The first-order valence-corrected chi connectivity index (χ1v) is 7.14. The molecule has 20 heavy (non-hydrogen) atoms. The fourth-order valence-corrected chi connectivity index (χ4v) is 2.58. The number of hydrogen-bond acceptors (Lipinski definition) is 3. The van der Waals surface area contributed by atoms with E-state index < -0.39 is 0 Å². The van der Waals surface area contributed by atoms with Crippen molar-refractivity contribution in [2.75, 3.05) is 0 Å². The van der Waals surface area contributed by atoms with Crippen molar-refractivity contribution in [3.63, 3.8) is 0 Å². The molecule has 5 nitrogen and oxygen atoms in total. The van der Waals surface area contributed by atoms with Crippen LogP contribution in [0.15, 0.2) is 35.4 Å². The van der Waals surface area contributed by atoms with E-state index in [0.717, 1.165) is 23.9 Å². The van der Waals surface area contributed by atoms with Crippen LogP contribution >= 0.6 is 0 Å². The van der Waals surface area contributed by atoms with Crippen LogP contribution in [0.25, 0.3) is 16.4 Å². The Kier molecular flexibility index (Phi) is 3.50. The quantitative estimate of drug-likeness (QED) is 0.670. The molecular weight excluding hydrogens is 252 g/mol. The van der Waals surface area contributed by atoms with Gasteiger partial charge in [-0.15, -0.1) is 10.2 Å². The minimum absolute atomic E-state index is 0.0319. The predicted molar refractivity (Wildman–Crippen MR) is 78.9 cm³/mol. The van der Waals surface area contributed by atoms with Gasteiger partial charge in [-0.3, -0.25) is 4.79 Å². The fraction of sp³-hybridized carbons (Fsp3) is 0.400.